The van der Waals surface area contributed by atoms with Crippen molar-refractivity contribution in [3.8, 4) is 0 Å². The standard InChI is InChI=1S/C28H40FN7O3/c1-3-24-30-26(25(29)27(31-24)35-15-13-34(2)14-16-35)32-33-28(38)23(17-21-9-7-8-10-21)18-36(20-37)39-19-22-11-5-4-6-12-22/h4-6,11-12,20-21,23H,3,7-10,13-19H2,1-2H3,(H,33,38)(H,30,31,32)/t23-/m0/s1. The molecule has 212 valence electrons. The number of carbonyl (C=O) groups is 2. The second kappa shape index (κ2) is 14.2. The van der Waals surface area contributed by atoms with Gasteiger partial charge in [0.25, 0.3) is 0 Å². The first kappa shape index (κ1) is 28.7. The Morgan fingerprint density at radius 1 is 1.18 bits per heavy atom. The Hall–Kier alpha value is -3.31. The summed E-state index contributed by atoms with van der Waals surface area (Å²) in [5, 5.41) is 1.18. The van der Waals surface area contributed by atoms with Gasteiger partial charge in [-0.05, 0) is 24.9 Å². The van der Waals surface area contributed by atoms with Gasteiger partial charge in [0.15, 0.2) is 11.6 Å². The van der Waals surface area contributed by atoms with E-state index in [0.29, 0.717) is 44.1 Å². The van der Waals surface area contributed by atoms with Crippen LogP contribution in [-0.2, 0) is 27.5 Å². The highest BCUT2D eigenvalue weighted by molar-refractivity contribution is 5.80. The molecule has 11 heteroatoms. The Labute approximate surface area is 229 Å². The van der Waals surface area contributed by atoms with Gasteiger partial charge in [0.1, 0.15) is 12.4 Å². The summed E-state index contributed by atoms with van der Waals surface area (Å²) in [5.74, 6) is -0.388. The van der Waals surface area contributed by atoms with Gasteiger partial charge in [-0.3, -0.25) is 25.3 Å². The van der Waals surface area contributed by atoms with Gasteiger partial charge < -0.3 is 9.80 Å². The molecule has 1 aliphatic carbocycles. The van der Waals surface area contributed by atoms with Crippen LogP contribution >= 0.6 is 0 Å². The molecule has 0 bridgehead atoms. The molecule has 0 radical (unpaired) electrons. The van der Waals surface area contributed by atoms with Crippen molar-refractivity contribution in [2.45, 2.75) is 52.1 Å². The minimum Gasteiger partial charge on any atom is -0.351 e. The second-order valence-electron chi connectivity index (χ2n) is 10.4. The van der Waals surface area contributed by atoms with E-state index < -0.39 is 11.7 Å². The SMILES string of the molecule is CCc1nc(NNC(=O)[C@@H](CC2CCCC2)CN(C=O)OCc2ccccc2)c(F)c(N2CCN(C)CC2)n1. The van der Waals surface area contributed by atoms with Crippen LogP contribution < -0.4 is 15.8 Å². The molecule has 2 amide bonds. The number of hydrogen-bond acceptors (Lipinski definition) is 8. The number of rotatable bonds is 13. The van der Waals surface area contributed by atoms with Crippen molar-refractivity contribution < 1.29 is 18.8 Å². The van der Waals surface area contributed by atoms with Crippen LogP contribution in [0.5, 0.6) is 0 Å². The van der Waals surface area contributed by atoms with E-state index in [1.807, 2.05) is 49.2 Å². The number of hydrogen-bond donors (Lipinski definition) is 2. The van der Waals surface area contributed by atoms with Crippen LogP contribution in [0.15, 0.2) is 30.3 Å². The molecule has 1 aromatic heterocycles. The quantitative estimate of drug-likeness (QED) is 0.295. The van der Waals surface area contributed by atoms with Crippen molar-refractivity contribution in [2.75, 3.05) is 50.1 Å². The fourth-order valence-corrected chi connectivity index (χ4v) is 5.16. The Morgan fingerprint density at radius 2 is 1.90 bits per heavy atom. The molecule has 0 unspecified atom stereocenters. The topological polar surface area (TPSA) is 103 Å². The molecule has 2 N–H and O–H groups in total. The monoisotopic (exact) mass is 541 g/mol. The van der Waals surface area contributed by atoms with Gasteiger partial charge in [0, 0.05) is 32.6 Å². The van der Waals surface area contributed by atoms with E-state index in [0.717, 1.165) is 44.3 Å². The lowest BCUT2D eigenvalue weighted by Gasteiger charge is -2.33. The zero-order valence-electron chi connectivity index (χ0n) is 22.9. The summed E-state index contributed by atoms with van der Waals surface area (Å²) in [4.78, 5) is 43.7. The van der Waals surface area contributed by atoms with Gasteiger partial charge in [0.2, 0.25) is 18.1 Å². The third kappa shape index (κ3) is 8.09. The van der Waals surface area contributed by atoms with Crippen molar-refractivity contribution in [2.24, 2.45) is 11.8 Å². The molecule has 1 saturated heterocycles. The molecule has 0 spiro atoms. The number of hydroxylamine groups is 2. The highest BCUT2D eigenvalue weighted by Crippen LogP contribution is 2.31. The molecule has 1 aliphatic heterocycles. The molecular weight excluding hydrogens is 501 g/mol. The maximum Gasteiger partial charge on any atom is 0.243 e. The third-order valence-corrected chi connectivity index (χ3v) is 7.52. The number of halogens is 1. The van der Waals surface area contributed by atoms with Crippen molar-refractivity contribution in [3.05, 3.63) is 47.5 Å². The van der Waals surface area contributed by atoms with E-state index in [1.54, 1.807) is 0 Å². The fraction of sp³-hybridized carbons (Fsp3) is 0.571. The second-order valence-corrected chi connectivity index (χ2v) is 10.4. The molecule has 2 heterocycles. The lowest BCUT2D eigenvalue weighted by atomic mass is 9.92. The van der Waals surface area contributed by atoms with Crippen molar-refractivity contribution >= 4 is 24.0 Å². The van der Waals surface area contributed by atoms with Crippen LogP contribution in [0.3, 0.4) is 0 Å². The van der Waals surface area contributed by atoms with Crippen LogP contribution in [0.1, 0.15) is 50.4 Å². The first-order chi connectivity index (χ1) is 19.0. The predicted molar refractivity (Wildman–Crippen MR) is 147 cm³/mol. The maximum atomic E-state index is 15.5. The summed E-state index contributed by atoms with van der Waals surface area (Å²) < 4.78 is 15.5. The highest BCUT2D eigenvalue weighted by atomic mass is 19.1. The first-order valence-corrected chi connectivity index (χ1v) is 13.9. The molecule has 2 fully saturated rings. The normalized spacial score (nSPS) is 17.2. The summed E-state index contributed by atoms with van der Waals surface area (Å²) in [6.45, 7) is 5.17. The number of likely N-dealkylation sites (N-methyl/N-ethyl adjacent to an activating group) is 1. The molecule has 1 saturated carbocycles. The van der Waals surface area contributed by atoms with Crippen LogP contribution in [0, 0.1) is 17.7 Å². The average Bonchev–Trinajstić information content (AvgIpc) is 3.48. The summed E-state index contributed by atoms with van der Waals surface area (Å²) in [6.07, 6.45) is 6.13. The number of aromatic nitrogens is 2. The van der Waals surface area contributed by atoms with Gasteiger partial charge in [-0.25, -0.2) is 15.0 Å². The van der Waals surface area contributed by atoms with E-state index in [9.17, 15) is 9.59 Å². The molecule has 10 nitrogen and oxygen atoms in total. The number of aryl methyl sites for hydroxylation is 1. The zero-order valence-corrected chi connectivity index (χ0v) is 22.9. The van der Waals surface area contributed by atoms with Crippen molar-refractivity contribution in [1.82, 2.24) is 25.4 Å². The van der Waals surface area contributed by atoms with Crippen LogP contribution in [-0.4, -0.2) is 72.0 Å². The lowest BCUT2D eigenvalue weighted by Crippen LogP contribution is -2.45. The number of piperazine rings is 1. The molecule has 4 rings (SSSR count). The number of carbonyl (C=O) groups excluding carboxylic acids is 2. The number of nitrogens with one attached hydrogen (secondary N) is 2. The van der Waals surface area contributed by atoms with Crippen molar-refractivity contribution in [1.29, 1.82) is 0 Å². The molecular formula is C28H40FN7O3. The Balaban J connectivity index is 1.43. The maximum absolute atomic E-state index is 15.5. The third-order valence-electron chi connectivity index (χ3n) is 7.52. The first-order valence-electron chi connectivity index (χ1n) is 13.9. The van der Waals surface area contributed by atoms with Gasteiger partial charge >= 0.3 is 0 Å². The fourth-order valence-electron chi connectivity index (χ4n) is 5.16. The molecule has 1 aromatic carbocycles. The van der Waals surface area contributed by atoms with Gasteiger partial charge in [-0.1, -0.05) is 62.9 Å². The molecule has 2 aromatic rings. The predicted octanol–water partition coefficient (Wildman–Crippen LogP) is 3.16. The van der Waals surface area contributed by atoms with Gasteiger partial charge in [-0.15, -0.1) is 0 Å². The summed E-state index contributed by atoms with van der Waals surface area (Å²) in [5.41, 5.74) is 6.30. The number of anilines is 2. The lowest BCUT2D eigenvalue weighted by molar-refractivity contribution is -0.182. The summed E-state index contributed by atoms with van der Waals surface area (Å²) in [6, 6.07) is 9.53. The number of benzene rings is 1. The van der Waals surface area contributed by atoms with Gasteiger partial charge in [0.05, 0.1) is 12.5 Å². The number of nitrogens with zero attached hydrogens (tertiary/aromatic N) is 5. The molecule has 1 atom stereocenters. The minimum absolute atomic E-state index is 0.0590. The Bertz CT molecular complexity index is 1080. The number of hydrazine groups is 1. The van der Waals surface area contributed by atoms with E-state index in [4.69, 9.17) is 4.84 Å². The molecule has 2 aliphatic rings. The molecule has 39 heavy (non-hydrogen) atoms. The van der Waals surface area contributed by atoms with E-state index in [2.05, 4.69) is 25.7 Å². The number of amides is 2. The van der Waals surface area contributed by atoms with Crippen LogP contribution in [0.4, 0.5) is 16.0 Å². The highest BCUT2D eigenvalue weighted by Gasteiger charge is 2.28. The largest absolute Gasteiger partial charge is 0.351 e. The van der Waals surface area contributed by atoms with Crippen LogP contribution in [0.25, 0.3) is 0 Å². The smallest absolute Gasteiger partial charge is 0.243 e. The summed E-state index contributed by atoms with van der Waals surface area (Å²) in [7, 11) is 2.04. The zero-order chi connectivity index (χ0) is 27.6. The Kier molecular flexibility index (Phi) is 10.4. The average molecular weight is 542 g/mol. The van der Waals surface area contributed by atoms with E-state index >= 15 is 4.39 Å². The minimum atomic E-state index is -0.592. The van der Waals surface area contributed by atoms with E-state index in [1.165, 1.54) is 5.06 Å². The van der Waals surface area contributed by atoms with E-state index in [-0.39, 0.29) is 30.7 Å². The van der Waals surface area contributed by atoms with Gasteiger partial charge in [-0.2, -0.15) is 4.39 Å². The van der Waals surface area contributed by atoms with Crippen LogP contribution in [0.2, 0.25) is 0 Å². The Morgan fingerprint density at radius 3 is 2.56 bits per heavy atom. The van der Waals surface area contributed by atoms with Crippen molar-refractivity contribution in [3.63, 3.8) is 0 Å². The summed E-state index contributed by atoms with van der Waals surface area (Å²) >= 11 is 0.